The normalized spacial score (nSPS) is 12.1. The first-order chi connectivity index (χ1) is 12.9. The Bertz CT molecular complexity index is 1020. The van der Waals surface area contributed by atoms with Crippen LogP contribution in [0.3, 0.4) is 0 Å². The van der Waals surface area contributed by atoms with Crippen molar-refractivity contribution >= 4 is 17.4 Å². The number of aromatic amines is 1. The molecule has 2 aromatic heterocycles. The first-order valence-electron chi connectivity index (χ1n) is 8.54. The molecule has 1 aromatic carbocycles. The van der Waals surface area contributed by atoms with Crippen LogP contribution in [0.2, 0.25) is 5.02 Å². The number of halogens is 2. The van der Waals surface area contributed by atoms with Gasteiger partial charge in [0.1, 0.15) is 6.67 Å². The van der Waals surface area contributed by atoms with Crippen molar-refractivity contribution in [3.05, 3.63) is 86.0 Å². The van der Waals surface area contributed by atoms with Crippen molar-refractivity contribution in [2.24, 2.45) is 0 Å². The van der Waals surface area contributed by atoms with Gasteiger partial charge >= 0.3 is 0 Å². The Kier molecular flexibility index (Phi) is 5.56. The molecule has 140 valence electrons. The van der Waals surface area contributed by atoms with Crippen molar-refractivity contribution in [1.29, 1.82) is 0 Å². The molecule has 1 N–H and O–H groups in total. The fourth-order valence-corrected chi connectivity index (χ4v) is 3.02. The fourth-order valence-electron chi connectivity index (χ4n) is 2.89. The number of alkyl halides is 1. The Hall–Kier alpha value is -2.73. The summed E-state index contributed by atoms with van der Waals surface area (Å²) in [4.78, 5) is 27.7. The monoisotopic (exact) mass is 387 g/mol. The van der Waals surface area contributed by atoms with Gasteiger partial charge in [0.2, 0.25) is 5.78 Å². The molecule has 0 spiro atoms. The molecule has 0 aliphatic heterocycles. The minimum atomic E-state index is -0.661. The summed E-state index contributed by atoms with van der Waals surface area (Å²) >= 11 is 5.88. The predicted molar refractivity (Wildman–Crippen MR) is 102 cm³/mol. The third kappa shape index (κ3) is 4.01. The van der Waals surface area contributed by atoms with Crippen LogP contribution in [-0.2, 0) is 6.54 Å². The van der Waals surface area contributed by atoms with E-state index in [0.29, 0.717) is 22.0 Å². The first-order valence-corrected chi connectivity index (χ1v) is 8.92. The van der Waals surface area contributed by atoms with Crippen LogP contribution in [0.25, 0.3) is 0 Å². The second-order valence-corrected chi connectivity index (χ2v) is 6.79. The van der Waals surface area contributed by atoms with Crippen molar-refractivity contribution in [2.75, 3.05) is 6.67 Å². The molecule has 7 heteroatoms. The molecule has 3 rings (SSSR count). The number of ketones is 1. The Morgan fingerprint density at radius 3 is 2.63 bits per heavy atom. The minimum Gasteiger partial charge on any atom is -0.355 e. The largest absolute Gasteiger partial charge is 0.355 e. The summed E-state index contributed by atoms with van der Waals surface area (Å²) in [5.41, 5.74) is 2.92. The number of H-pyrrole nitrogens is 1. The number of hydrogen-bond donors (Lipinski definition) is 1. The van der Waals surface area contributed by atoms with Gasteiger partial charge in [-0.2, -0.15) is 5.10 Å². The van der Waals surface area contributed by atoms with Crippen LogP contribution in [0.5, 0.6) is 0 Å². The number of aryl methyl sites for hydroxylation is 2. The lowest BCUT2D eigenvalue weighted by molar-refractivity contribution is 0.103. The third-order valence-corrected chi connectivity index (χ3v) is 4.71. The molecule has 27 heavy (non-hydrogen) atoms. The summed E-state index contributed by atoms with van der Waals surface area (Å²) in [5, 5.41) is 4.80. The van der Waals surface area contributed by atoms with Gasteiger partial charge < -0.3 is 4.98 Å². The van der Waals surface area contributed by atoms with Crippen molar-refractivity contribution < 1.29 is 9.18 Å². The SMILES string of the molecule is Cc1cc(C(C)c2ccc(=O)n(CCF)n2)[nH]c1C(=O)c1ccc(Cl)cc1. The maximum absolute atomic E-state index is 12.8. The standard InChI is InChI=1S/C20H19ClFN3O2/c1-12-11-17(13(2)16-7-8-18(26)25(24-16)10-9-22)23-19(12)20(27)14-3-5-15(21)6-4-14/h3-8,11,13,23H,9-10H2,1-2H3. The summed E-state index contributed by atoms with van der Waals surface area (Å²) in [5.74, 6) is -0.320. The lowest BCUT2D eigenvalue weighted by Gasteiger charge is -2.11. The van der Waals surface area contributed by atoms with Gasteiger partial charge in [-0.05, 0) is 48.9 Å². The number of benzene rings is 1. The molecule has 1 atom stereocenters. The molecule has 0 aliphatic rings. The number of rotatable bonds is 6. The minimum absolute atomic E-state index is 0.0799. The zero-order valence-corrected chi connectivity index (χ0v) is 15.8. The number of nitrogens with zero attached hydrogens (tertiary/aromatic N) is 2. The van der Waals surface area contributed by atoms with Crippen molar-refractivity contribution in [1.82, 2.24) is 14.8 Å². The average molecular weight is 388 g/mol. The van der Waals surface area contributed by atoms with E-state index in [2.05, 4.69) is 10.1 Å². The van der Waals surface area contributed by atoms with Gasteiger partial charge in [-0.15, -0.1) is 0 Å². The van der Waals surface area contributed by atoms with Crippen molar-refractivity contribution in [3.8, 4) is 0 Å². The van der Waals surface area contributed by atoms with Gasteiger partial charge in [0.05, 0.1) is 17.9 Å². The molecule has 5 nitrogen and oxygen atoms in total. The number of carbonyl (C=O) groups is 1. The first kappa shape index (κ1) is 19.0. The second kappa shape index (κ2) is 7.88. The summed E-state index contributed by atoms with van der Waals surface area (Å²) in [6.07, 6.45) is 0. The Morgan fingerprint density at radius 1 is 1.26 bits per heavy atom. The van der Waals surface area contributed by atoms with Crippen LogP contribution in [0.15, 0.2) is 47.3 Å². The quantitative estimate of drug-likeness (QED) is 0.652. The van der Waals surface area contributed by atoms with Crippen LogP contribution in [0.4, 0.5) is 4.39 Å². The van der Waals surface area contributed by atoms with Gasteiger partial charge in [-0.3, -0.25) is 9.59 Å². The molecule has 3 aromatic rings. The molecular weight excluding hydrogens is 369 g/mol. The number of nitrogens with one attached hydrogen (secondary N) is 1. The zero-order valence-electron chi connectivity index (χ0n) is 15.0. The highest BCUT2D eigenvalue weighted by atomic mass is 35.5. The van der Waals surface area contributed by atoms with Crippen LogP contribution in [0.1, 0.15) is 45.8 Å². The molecule has 0 saturated heterocycles. The summed E-state index contributed by atoms with van der Waals surface area (Å²) in [7, 11) is 0. The molecule has 0 fully saturated rings. The number of aromatic nitrogens is 3. The second-order valence-electron chi connectivity index (χ2n) is 6.35. The van der Waals surface area contributed by atoms with Crippen LogP contribution >= 0.6 is 11.6 Å². The molecule has 2 heterocycles. The van der Waals surface area contributed by atoms with Crippen LogP contribution in [-0.4, -0.2) is 27.2 Å². The topological polar surface area (TPSA) is 67.8 Å². The molecule has 0 saturated carbocycles. The van der Waals surface area contributed by atoms with E-state index in [1.807, 2.05) is 19.9 Å². The molecule has 1 unspecified atom stereocenters. The Labute approximate surface area is 160 Å². The molecule has 0 aliphatic carbocycles. The highest BCUT2D eigenvalue weighted by molar-refractivity contribution is 6.30. The number of hydrogen-bond acceptors (Lipinski definition) is 3. The molecular formula is C20H19ClFN3O2. The summed E-state index contributed by atoms with van der Waals surface area (Å²) in [6.45, 7) is 3.03. The van der Waals surface area contributed by atoms with E-state index in [1.165, 1.54) is 6.07 Å². The highest BCUT2D eigenvalue weighted by Gasteiger charge is 2.19. The predicted octanol–water partition coefficient (Wildman–Crippen LogP) is 3.89. The van der Waals surface area contributed by atoms with Gasteiger partial charge in [0.25, 0.3) is 5.56 Å². The average Bonchev–Trinajstić information content (AvgIpc) is 3.05. The third-order valence-electron chi connectivity index (χ3n) is 4.46. The lowest BCUT2D eigenvalue weighted by atomic mass is 10.0. The van der Waals surface area contributed by atoms with Crippen molar-refractivity contribution in [2.45, 2.75) is 26.3 Å². The van der Waals surface area contributed by atoms with E-state index in [0.717, 1.165) is 15.9 Å². The van der Waals surface area contributed by atoms with Crippen LogP contribution < -0.4 is 5.56 Å². The van der Waals surface area contributed by atoms with E-state index >= 15 is 0 Å². The van der Waals surface area contributed by atoms with E-state index < -0.39 is 6.67 Å². The Morgan fingerprint density at radius 2 is 1.96 bits per heavy atom. The number of carbonyl (C=O) groups excluding carboxylic acids is 1. The lowest BCUT2D eigenvalue weighted by Crippen LogP contribution is -2.24. The maximum atomic E-state index is 12.8. The van der Waals surface area contributed by atoms with Crippen LogP contribution in [0, 0.1) is 6.92 Å². The maximum Gasteiger partial charge on any atom is 0.266 e. The van der Waals surface area contributed by atoms with Gasteiger partial charge in [-0.25, -0.2) is 9.07 Å². The van der Waals surface area contributed by atoms with E-state index in [-0.39, 0.29) is 23.8 Å². The van der Waals surface area contributed by atoms with E-state index in [4.69, 9.17) is 11.6 Å². The van der Waals surface area contributed by atoms with E-state index in [1.54, 1.807) is 30.3 Å². The van der Waals surface area contributed by atoms with Gasteiger partial charge in [0, 0.05) is 28.3 Å². The Balaban J connectivity index is 1.91. The van der Waals surface area contributed by atoms with Gasteiger partial charge in [0.15, 0.2) is 0 Å². The molecule has 0 bridgehead atoms. The fraction of sp³-hybridized carbons (Fsp3) is 0.250. The zero-order chi connectivity index (χ0) is 19.6. The molecule has 0 amide bonds. The summed E-state index contributed by atoms with van der Waals surface area (Å²) in [6, 6.07) is 11.6. The van der Waals surface area contributed by atoms with Gasteiger partial charge in [-0.1, -0.05) is 18.5 Å². The highest BCUT2D eigenvalue weighted by Crippen LogP contribution is 2.25. The van der Waals surface area contributed by atoms with E-state index in [9.17, 15) is 14.0 Å². The smallest absolute Gasteiger partial charge is 0.266 e. The molecule has 0 radical (unpaired) electrons. The summed E-state index contributed by atoms with van der Waals surface area (Å²) < 4.78 is 13.7. The van der Waals surface area contributed by atoms with Crippen molar-refractivity contribution in [3.63, 3.8) is 0 Å².